The average molecular weight is 422 g/mol. The molecule has 5 atom stereocenters. The lowest BCUT2D eigenvalue weighted by atomic mass is 9.82. The Kier molecular flexibility index (Phi) is 10.1. The SMILES string of the molecule is CCC1OC(OCCCCNC(=O)OCc2ccccc2)C(OC(C)=O)C(C)C1C. The Balaban J connectivity index is 1.66. The molecule has 0 aromatic heterocycles. The number of benzene rings is 1. The lowest BCUT2D eigenvalue weighted by Crippen LogP contribution is -2.51. The van der Waals surface area contributed by atoms with E-state index in [1.54, 1.807) is 0 Å². The zero-order valence-corrected chi connectivity index (χ0v) is 18.5. The molecule has 7 nitrogen and oxygen atoms in total. The summed E-state index contributed by atoms with van der Waals surface area (Å²) in [4.78, 5) is 23.2. The predicted molar refractivity (Wildman–Crippen MR) is 113 cm³/mol. The van der Waals surface area contributed by atoms with Crippen molar-refractivity contribution in [2.24, 2.45) is 11.8 Å². The monoisotopic (exact) mass is 421 g/mol. The fourth-order valence-electron chi connectivity index (χ4n) is 3.61. The van der Waals surface area contributed by atoms with Crippen LogP contribution in [0.4, 0.5) is 4.79 Å². The van der Waals surface area contributed by atoms with Gasteiger partial charge in [0, 0.05) is 26.0 Å². The van der Waals surface area contributed by atoms with Crippen LogP contribution in [0.2, 0.25) is 0 Å². The first-order valence-electron chi connectivity index (χ1n) is 10.8. The highest BCUT2D eigenvalue weighted by Gasteiger charge is 2.43. The summed E-state index contributed by atoms with van der Waals surface area (Å²) in [6.45, 7) is 8.89. The normalized spacial score (nSPS) is 26.1. The summed E-state index contributed by atoms with van der Waals surface area (Å²) in [5, 5.41) is 2.74. The fourth-order valence-corrected chi connectivity index (χ4v) is 3.61. The van der Waals surface area contributed by atoms with Crippen molar-refractivity contribution in [1.82, 2.24) is 5.32 Å². The summed E-state index contributed by atoms with van der Waals surface area (Å²) in [6, 6.07) is 9.55. The molecule has 2 rings (SSSR count). The van der Waals surface area contributed by atoms with Crippen LogP contribution in [0.15, 0.2) is 30.3 Å². The largest absolute Gasteiger partial charge is 0.457 e. The first-order valence-corrected chi connectivity index (χ1v) is 10.8. The van der Waals surface area contributed by atoms with Crippen LogP contribution >= 0.6 is 0 Å². The van der Waals surface area contributed by atoms with Gasteiger partial charge in [0.15, 0.2) is 12.4 Å². The zero-order valence-electron chi connectivity index (χ0n) is 18.5. The molecule has 0 saturated carbocycles. The molecule has 1 saturated heterocycles. The van der Waals surface area contributed by atoms with Gasteiger partial charge in [-0.15, -0.1) is 0 Å². The number of nitrogens with one attached hydrogen (secondary N) is 1. The zero-order chi connectivity index (χ0) is 21.9. The number of unbranched alkanes of at least 4 members (excludes halogenated alkanes) is 1. The second-order valence-corrected chi connectivity index (χ2v) is 7.81. The molecule has 0 radical (unpaired) electrons. The Morgan fingerprint density at radius 2 is 1.83 bits per heavy atom. The highest BCUT2D eigenvalue weighted by Crippen LogP contribution is 2.34. The number of amides is 1. The van der Waals surface area contributed by atoms with Crippen molar-refractivity contribution in [3.8, 4) is 0 Å². The van der Waals surface area contributed by atoms with Gasteiger partial charge in [0.1, 0.15) is 6.61 Å². The van der Waals surface area contributed by atoms with E-state index in [1.807, 2.05) is 30.3 Å². The molecule has 5 unspecified atom stereocenters. The summed E-state index contributed by atoms with van der Waals surface area (Å²) in [6.07, 6.45) is 1.05. The number of esters is 1. The first kappa shape index (κ1) is 24.2. The predicted octanol–water partition coefficient (Wildman–Crippen LogP) is 4.05. The highest BCUT2D eigenvalue weighted by molar-refractivity contribution is 5.67. The molecule has 0 aliphatic carbocycles. The first-order chi connectivity index (χ1) is 14.4. The molecule has 1 fully saturated rings. The number of alkyl carbamates (subject to hydrolysis) is 1. The van der Waals surface area contributed by atoms with Crippen molar-refractivity contribution in [1.29, 1.82) is 0 Å². The molecule has 1 aliphatic rings. The molecular weight excluding hydrogens is 386 g/mol. The Labute approximate surface area is 179 Å². The second-order valence-electron chi connectivity index (χ2n) is 7.81. The van der Waals surface area contributed by atoms with Crippen molar-refractivity contribution >= 4 is 12.1 Å². The Morgan fingerprint density at radius 1 is 1.10 bits per heavy atom. The lowest BCUT2D eigenvalue weighted by Gasteiger charge is -2.43. The summed E-state index contributed by atoms with van der Waals surface area (Å²) in [5.41, 5.74) is 0.949. The number of carbonyl (C=O) groups is 2. The highest BCUT2D eigenvalue weighted by atomic mass is 16.7. The third-order valence-corrected chi connectivity index (χ3v) is 5.55. The molecule has 1 aromatic rings. The third kappa shape index (κ3) is 7.61. The Morgan fingerprint density at radius 3 is 2.50 bits per heavy atom. The van der Waals surface area contributed by atoms with Gasteiger partial charge in [0.2, 0.25) is 0 Å². The molecule has 0 bridgehead atoms. The van der Waals surface area contributed by atoms with Crippen LogP contribution in [0.25, 0.3) is 0 Å². The third-order valence-electron chi connectivity index (χ3n) is 5.55. The van der Waals surface area contributed by atoms with Crippen molar-refractivity contribution < 1.29 is 28.5 Å². The van der Waals surface area contributed by atoms with Crippen LogP contribution < -0.4 is 5.32 Å². The van der Waals surface area contributed by atoms with Gasteiger partial charge in [-0.1, -0.05) is 51.1 Å². The maximum Gasteiger partial charge on any atom is 0.407 e. The van der Waals surface area contributed by atoms with Crippen molar-refractivity contribution in [3.63, 3.8) is 0 Å². The van der Waals surface area contributed by atoms with Crippen molar-refractivity contribution in [2.75, 3.05) is 13.2 Å². The molecule has 1 N–H and O–H groups in total. The molecule has 7 heteroatoms. The van der Waals surface area contributed by atoms with Gasteiger partial charge in [-0.25, -0.2) is 4.79 Å². The van der Waals surface area contributed by atoms with Crippen LogP contribution in [-0.4, -0.2) is 43.7 Å². The van der Waals surface area contributed by atoms with Crippen LogP contribution in [-0.2, 0) is 30.3 Å². The van der Waals surface area contributed by atoms with E-state index in [0.29, 0.717) is 13.2 Å². The van der Waals surface area contributed by atoms with Crippen molar-refractivity contribution in [3.05, 3.63) is 35.9 Å². The summed E-state index contributed by atoms with van der Waals surface area (Å²) < 4.78 is 22.6. The van der Waals surface area contributed by atoms with Crippen LogP contribution in [0.1, 0.15) is 52.5 Å². The molecule has 0 spiro atoms. The van der Waals surface area contributed by atoms with Crippen LogP contribution in [0.3, 0.4) is 0 Å². The maximum absolute atomic E-state index is 11.7. The van der Waals surface area contributed by atoms with Gasteiger partial charge in [-0.05, 0) is 30.7 Å². The maximum atomic E-state index is 11.7. The minimum absolute atomic E-state index is 0.0814. The molecule has 1 aromatic carbocycles. The van der Waals surface area contributed by atoms with E-state index in [-0.39, 0.29) is 30.5 Å². The van der Waals surface area contributed by atoms with E-state index in [1.165, 1.54) is 6.92 Å². The molecular formula is C23H35NO6. The van der Waals surface area contributed by atoms with E-state index in [9.17, 15) is 9.59 Å². The van der Waals surface area contributed by atoms with Gasteiger partial charge < -0.3 is 24.3 Å². The Hall–Kier alpha value is -2.12. The number of hydrogen-bond donors (Lipinski definition) is 1. The minimum Gasteiger partial charge on any atom is -0.457 e. The van der Waals surface area contributed by atoms with E-state index in [0.717, 1.165) is 24.8 Å². The molecule has 1 aliphatic heterocycles. The van der Waals surface area contributed by atoms with Crippen molar-refractivity contribution in [2.45, 2.75) is 72.1 Å². The second kappa shape index (κ2) is 12.5. The van der Waals surface area contributed by atoms with Gasteiger partial charge in [0.25, 0.3) is 0 Å². The molecule has 168 valence electrons. The van der Waals surface area contributed by atoms with Crippen LogP contribution in [0, 0.1) is 11.8 Å². The summed E-state index contributed by atoms with van der Waals surface area (Å²) in [7, 11) is 0. The lowest BCUT2D eigenvalue weighted by molar-refractivity contribution is -0.275. The summed E-state index contributed by atoms with van der Waals surface area (Å²) >= 11 is 0. The topological polar surface area (TPSA) is 83.1 Å². The van der Waals surface area contributed by atoms with E-state index in [4.69, 9.17) is 18.9 Å². The minimum atomic E-state index is -0.561. The average Bonchev–Trinajstić information content (AvgIpc) is 2.74. The smallest absolute Gasteiger partial charge is 0.407 e. The van der Waals surface area contributed by atoms with Gasteiger partial charge in [-0.2, -0.15) is 0 Å². The number of ether oxygens (including phenoxy) is 4. The van der Waals surface area contributed by atoms with E-state index < -0.39 is 18.5 Å². The Bertz CT molecular complexity index is 652. The van der Waals surface area contributed by atoms with E-state index in [2.05, 4.69) is 26.1 Å². The van der Waals surface area contributed by atoms with E-state index >= 15 is 0 Å². The quantitative estimate of drug-likeness (QED) is 0.453. The van der Waals surface area contributed by atoms with Gasteiger partial charge in [-0.3, -0.25) is 4.79 Å². The molecule has 1 amide bonds. The molecule has 1 heterocycles. The fraction of sp³-hybridized carbons (Fsp3) is 0.652. The number of rotatable bonds is 10. The number of hydrogen-bond acceptors (Lipinski definition) is 6. The number of carbonyl (C=O) groups excluding carboxylic acids is 2. The van der Waals surface area contributed by atoms with Gasteiger partial charge in [0.05, 0.1) is 6.10 Å². The van der Waals surface area contributed by atoms with Crippen LogP contribution in [0.5, 0.6) is 0 Å². The molecule has 30 heavy (non-hydrogen) atoms. The summed E-state index contributed by atoms with van der Waals surface area (Å²) in [5.74, 6) is 0.105. The standard InChI is InChI=1S/C23H35NO6/c1-5-20-16(2)17(3)21(29-18(4)25)22(30-20)27-14-10-9-13-24-23(26)28-15-19-11-7-6-8-12-19/h6-8,11-12,16-17,20-22H,5,9-10,13-15H2,1-4H3,(H,24,26). The van der Waals surface area contributed by atoms with Gasteiger partial charge >= 0.3 is 12.1 Å².